The summed E-state index contributed by atoms with van der Waals surface area (Å²) < 4.78 is 30.1. The van der Waals surface area contributed by atoms with Crippen LogP contribution >= 0.6 is 0 Å². The number of methoxy groups -OCH3 is 1. The maximum Gasteiger partial charge on any atom is 0.306 e. The first kappa shape index (κ1) is 15.5. The zero-order valence-electron chi connectivity index (χ0n) is 11.2. The van der Waals surface area contributed by atoms with Crippen LogP contribution in [0.5, 0.6) is 0 Å². The van der Waals surface area contributed by atoms with Crippen molar-refractivity contribution in [3.63, 3.8) is 0 Å². The molecule has 106 valence electrons. The quantitative estimate of drug-likeness (QED) is 0.637. The highest BCUT2D eigenvalue weighted by Crippen LogP contribution is 2.19. The molecule has 0 fully saturated rings. The van der Waals surface area contributed by atoms with Crippen LogP contribution in [0.1, 0.15) is 12.0 Å². The lowest BCUT2D eigenvalue weighted by Gasteiger charge is -2.17. The van der Waals surface area contributed by atoms with Crippen molar-refractivity contribution in [1.29, 1.82) is 0 Å². The smallest absolute Gasteiger partial charge is 0.306 e. The number of ether oxygens (including phenoxy) is 1. The minimum atomic E-state index is -3.64. The average Bonchev–Trinajstić information content (AvgIpc) is 2.34. The van der Waals surface area contributed by atoms with E-state index in [0.717, 1.165) is 9.87 Å². The highest BCUT2D eigenvalue weighted by molar-refractivity contribution is 7.89. The number of hydrogen-bond acceptors (Lipinski definition) is 5. The lowest BCUT2D eigenvalue weighted by molar-refractivity contribution is -0.140. The first-order valence-corrected chi connectivity index (χ1v) is 7.11. The predicted octanol–water partition coefficient (Wildman–Crippen LogP) is 0.761. The molecule has 0 unspecified atom stereocenters. The minimum Gasteiger partial charge on any atom is -0.469 e. The lowest BCUT2D eigenvalue weighted by Crippen LogP contribution is -2.29. The Morgan fingerprint density at radius 1 is 1.37 bits per heavy atom. The molecule has 1 rings (SSSR count). The molecule has 6 nitrogen and oxygen atoms in total. The molecule has 0 radical (unpaired) electrons. The number of esters is 1. The van der Waals surface area contributed by atoms with Gasteiger partial charge in [-0.3, -0.25) is 4.79 Å². The van der Waals surface area contributed by atoms with E-state index in [0.29, 0.717) is 5.69 Å². The van der Waals surface area contributed by atoms with Crippen molar-refractivity contribution >= 4 is 21.7 Å². The zero-order valence-corrected chi connectivity index (χ0v) is 12.0. The predicted molar refractivity (Wildman–Crippen MR) is 72.0 cm³/mol. The summed E-state index contributed by atoms with van der Waals surface area (Å²) in [5, 5.41) is 0. The van der Waals surface area contributed by atoms with Crippen molar-refractivity contribution in [1.82, 2.24) is 4.31 Å². The first-order chi connectivity index (χ1) is 8.77. The Balaban J connectivity index is 2.93. The van der Waals surface area contributed by atoms with Gasteiger partial charge in [0.2, 0.25) is 10.0 Å². The summed E-state index contributed by atoms with van der Waals surface area (Å²) in [5.41, 5.74) is 6.80. The van der Waals surface area contributed by atoms with Crippen molar-refractivity contribution in [3.05, 3.63) is 23.8 Å². The number of carbonyl (C=O) groups is 1. The number of aryl methyl sites for hydroxylation is 1. The number of anilines is 1. The number of nitrogens with zero attached hydrogens (tertiary/aromatic N) is 1. The molecule has 1 aromatic carbocycles. The number of hydrogen-bond donors (Lipinski definition) is 1. The lowest BCUT2D eigenvalue weighted by atomic mass is 10.2. The van der Waals surface area contributed by atoms with E-state index in [1.54, 1.807) is 19.1 Å². The Labute approximate surface area is 113 Å². The van der Waals surface area contributed by atoms with E-state index in [1.807, 2.05) is 0 Å². The Morgan fingerprint density at radius 3 is 2.53 bits per heavy atom. The molecule has 0 saturated heterocycles. The van der Waals surface area contributed by atoms with Crippen LogP contribution in [-0.2, 0) is 19.6 Å². The van der Waals surface area contributed by atoms with Gasteiger partial charge in [0.25, 0.3) is 0 Å². The van der Waals surface area contributed by atoms with Crippen LogP contribution in [0, 0.1) is 6.92 Å². The van der Waals surface area contributed by atoms with Crippen molar-refractivity contribution < 1.29 is 17.9 Å². The molecule has 0 aliphatic rings. The molecule has 2 N–H and O–H groups in total. The highest BCUT2D eigenvalue weighted by atomic mass is 32.2. The van der Waals surface area contributed by atoms with Gasteiger partial charge in [0, 0.05) is 19.3 Å². The maximum atomic E-state index is 12.3. The third kappa shape index (κ3) is 3.93. The number of nitrogens with two attached hydrogens (primary N) is 1. The second-order valence-electron chi connectivity index (χ2n) is 4.23. The van der Waals surface area contributed by atoms with Crippen molar-refractivity contribution in [2.24, 2.45) is 0 Å². The summed E-state index contributed by atoms with van der Waals surface area (Å²) in [7, 11) is -0.967. The molecule has 7 heteroatoms. The molecule has 0 amide bonds. The van der Waals surface area contributed by atoms with Gasteiger partial charge in [-0.25, -0.2) is 12.7 Å². The molecule has 19 heavy (non-hydrogen) atoms. The molecule has 0 atom stereocenters. The van der Waals surface area contributed by atoms with Gasteiger partial charge < -0.3 is 10.5 Å². The fraction of sp³-hybridized carbons (Fsp3) is 0.417. The van der Waals surface area contributed by atoms with Gasteiger partial charge in [0.15, 0.2) is 0 Å². The third-order valence-corrected chi connectivity index (χ3v) is 4.47. The number of rotatable bonds is 5. The Bertz CT molecular complexity index is 549. The van der Waals surface area contributed by atoms with E-state index >= 15 is 0 Å². The van der Waals surface area contributed by atoms with Gasteiger partial charge in [-0.1, -0.05) is 0 Å². The summed E-state index contributed by atoms with van der Waals surface area (Å²) in [6.45, 7) is 1.83. The van der Waals surface area contributed by atoms with Gasteiger partial charge >= 0.3 is 5.97 Å². The van der Waals surface area contributed by atoms with Crippen LogP contribution in [-0.4, -0.2) is 39.4 Å². The summed E-state index contributed by atoms with van der Waals surface area (Å²) >= 11 is 0. The van der Waals surface area contributed by atoms with Gasteiger partial charge in [0.05, 0.1) is 18.4 Å². The fourth-order valence-corrected chi connectivity index (χ4v) is 2.89. The monoisotopic (exact) mass is 286 g/mol. The van der Waals surface area contributed by atoms with Gasteiger partial charge in [0.1, 0.15) is 0 Å². The van der Waals surface area contributed by atoms with Crippen molar-refractivity contribution in [2.45, 2.75) is 18.2 Å². The number of sulfonamides is 1. The Hall–Kier alpha value is -1.60. The maximum absolute atomic E-state index is 12.3. The van der Waals surface area contributed by atoms with E-state index in [4.69, 9.17) is 5.73 Å². The molecule has 0 aromatic heterocycles. The van der Waals surface area contributed by atoms with E-state index < -0.39 is 16.0 Å². The van der Waals surface area contributed by atoms with Crippen LogP contribution < -0.4 is 5.73 Å². The standard InChI is InChI=1S/C12H18N2O4S/c1-9-6-10(13)8-11(7-9)19(16,17)14(2)5-4-12(15)18-3/h6-8H,4-5,13H2,1-3H3. The highest BCUT2D eigenvalue weighted by Gasteiger charge is 2.22. The van der Waals surface area contributed by atoms with Crippen molar-refractivity contribution in [2.75, 3.05) is 26.4 Å². The van der Waals surface area contributed by atoms with E-state index in [1.165, 1.54) is 20.2 Å². The molecule has 0 aliphatic carbocycles. The molecule has 0 saturated carbocycles. The van der Waals surface area contributed by atoms with Gasteiger partial charge in [-0.05, 0) is 30.7 Å². The van der Waals surface area contributed by atoms with Crippen LogP contribution in [0.25, 0.3) is 0 Å². The largest absolute Gasteiger partial charge is 0.469 e. The summed E-state index contributed by atoms with van der Waals surface area (Å²) in [5.74, 6) is -0.453. The van der Waals surface area contributed by atoms with Crippen molar-refractivity contribution in [3.8, 4) is 0 Å². The molecular weight excluding hydrogens is 268 g/mol. The molecule has 0 aliphatic heterocycles. The Kier molecular flexibility index (Phi) is 4.90. The number of carbonyl (C=O) groups excluding carboxylic acids is 1. The summed E-state index contributed by atoms with van der Waals surface area (Å²) in [6, 6.07) is 4.63. The van der Waals surface area contributed by atoms with E-state index in [9.17, 15) is 13.2 Å². The fourth-order valence-electron chi connectivity index (χ4n) is 1.58. The molecular formula is C12H18N2O4S. The molecule has 0 bridgehead atoms. The topological polar surface area (TPSA) is 89.7 Å². The van der Waals surface area contributed by atoms with Crippen LogP contribution in [0.4, 0.5) is 5.69 Å². The summed E-state index contributed by atoms with van der Waals surface area (Å²) in [4.78, 5) is 11.1. The Morgan fingerprint density at radius 2 is 2.00 bits per heavy atom. The van der Waals surface area contributed by atoms with Crippen LogP contribution in [0.3, 0.4) is 0 Å². The molecule has 0 heterocycles. The van der Waals surface area contributed by atoms with E-state index in [2.05, 4.69) is 4.74 Å². The van der Waals surface area contributed by atoms with Gasteiger partial charge in [-0.15, -0.1) is 0 Å². The normalized spacial score (nSPS) is 11.6. The van der Waals surface area contributed by atoms with Crippen LogP contribution in [0.15, 0.2) is 23.1 Å². The average molecular weight is 286 g/mol. The summed E-state index contributed by atoms with van der Waals surface area (Å²) in [6.07, 6.45) is 0.00747. The second kappa shape index (κ2) is 6.03. The van der Waals surface area contributed by atoms with E-state index in [-0.39, 0.29) is 17.9 Å². The van der Waals surface area contributed by atoms with Crippen LogP contribution in [0.2, 0.25) is 0 Å². The molecule has 0 spiro atoms. The molecule has 1 aromatic rings. The third-order valence-electron chi connectivity index (χ3n) is 2.64. The van der Waals surface area contributed by atoms with Gasteiger partial charge in [-0.2, -0.15) is 0 Å². The minimum absolute atomic E-state index is 0.00747. The number of nitrogen functional groups attached to an aromatic ring is 1. The SMILES string of the molecule is COC(=O)CCN(C)S(=O)(=O)c1cc(C)cc(N)c1. The first-order valence-electron chi connectivity index (χ1n) is 5.67. The second-order valence-corrected chi connectivity index (χ2v) is 6.28. The number of benzene rings is 1. The zero-order chi connectivity index (χ0) is 14.6.